The number of urea groups is 1. The van der Waals surface area contributed by atoms with Gasteiger partial charge in [0, 0.05) is 35.6 Å². The number of alkyl halides is 3. The second-order valence-electron chi connectivity index (χ2n) is 6.65. The van der Waals surface area contributed by atoms with Crippen LogP contribution in [0.3, 0.4) is 0 Å². The molecule has 4 N–H and O–H groups in total. The van der Waals surface area contributed by atoms with Crippen molar-refractivity contribution in [2.75, 3.05) is 10.6 Å². The number of amides is 2. The minimum absolute atomic E-state index is 0.0750. The fourth-order valence-electron chi connectivity index (χ4n) is 2.79. The molecule has 3 rings (SSSR count). The Labute approximate surface area is 190 Å². The smallest absolute Gasteiger partial charge is 0.417 e. The highest BCUT2D eigenvalue weighted by Crippen LogP contribution is 2.36. The molecule has 0 fully saturated rings. The Morgan fingerprint density at radius 3 is 2.33 bits per heavy atom. The van der Waals surface area contributed by atoms with E-state index in [1.54, 1.807) is 12.1 Å². The Balaban J connectivity index is 1.77. The summed E-state index contributed by atoms with van der Waals surface area (Å²) in [4.78, 5) is 12.3. The van der Waals surface area contributed by atoms with Crippen LogP contribution >= 0.6 is 11.6 Å². The van der Waals surface area contributed by atoms with Gasteiger partial charge < -0.3 is 21.1 Å². The number of nitrogens with two attached hydrogens (primary N) is 1. The topological polar surface area (TPSA) is 100 Å². The summed E-state index contributed by atoms with van der Waals surface area (Å²) in [6, 6.07) is 12.0. The molecule has 0 bridgehead atoms. The highest BCUT2D eigenvalue weighted by atomic mass is 35.5. The third-order valence-corrected chi connectivity index (χ3v) is 4.69. The summed E-state index contributed by atoms with van der Waals surface area (Å²) in [6.07, 6.45) is -4.68. The highest BCUT2D eigenvalue weighted by molar-refractivity contribution is 6.31. The van der Waals surface area contributed by atoms with Crippen molar-refractivity contribution in [3.05, 3.63) is 82.1 Å². The van der Waals surface area contributed by atoms with Gasteiger partial charge in [0.25, 0.3) is 0 Å². The summed E-state index contributed by atoms with van der Waals surface area (Å²) in [6.45, 7) is 0.0750. The molecule has 0 saturated carbocycles. The Bertz CT molecular complexity index is 1240. The van der Waals surface area contributed by atoms with E-state index in [0.29, 0.717) is 11.6 Å². The molecule has 0 aromatic heterocycles. The molecule has 0 aliphatic heterocycles. The Kier molecular flexibility index (Phi) is 7.06. The van der Waals surface area contributed by atoms with Crippen molar-refractivity contribution in [1.82, 2.24) is 0 Å². The lowest BCUT2D eigenvalue weighted by atomic mass is 10.1. The number of carbonyl (C=O) groups excluding carboxylic acids is 1. The number of nitrogens with zero attached hydrogens (tertiary/aromatic N) is 1. The monoisotopic (exact) mass is 478 g/mol. The van der Waals surface area contributed by atoms with Gasteiger partial charge in [-0.1, -0.05) is 17.7 Å². The maximum Gasteiger partial charge on any atom is 0.417 e. The van der Waals surface area contributed by atoms with E-state index >= 15 is 0 Å². The number of ether oxygens (including phenoxy) is 1. The molecule has 0 unspecified atom stereocenters. The quantitative estimate of drug-likeness (QED) is 0.376. The lowest BCUT2D eigenvalue weighted by Gasteiger charge is -2.14. The molecule has 0 radical (unpaired) electrons. The standard InChI is InChI=1S/C22H15ClF4N4O2/c23-18-6-4-14(7-17(18)22(25,26)27)30-21(32)31-15-3-1-13(11-29)20(8-15)33-16-5-2-12(10-28)19(24)9-16/h1-9H,11,29H2,(H2,30,31,32). The third kappa shape index (κ3) is 5.91. The molecule has 170 valence electrons. The van der Waals surface area contributed by atoms with E-state index in [1.165, 1.54) is 30.3 Å². The van der Waals surface area contributed by atoms with Crippen LogP contribution in [-0.4, -0.2) is 6.03 Å². The molecule has 33 heavy (non-hydrogen) atoms. The summed E-state index contributed by atoms with van der Waals surface area (Å²) >= 11 is 5.57. The molecule has 0 saturated heterocycles. The molecule has 0 heterocycles. The first kappa shape index (κ1) is 23.8. The van der Waals surface area contributed by atoms with Gasteiger partial charge in [-0.15, -0.1) is 0 Å². The van der Waals surface area contributed by atoms with Crippen LogP contribution < -0.4 is 21.1 Å². The van der Waals surface area contributed by atoms with Crippen LogP contribution in [0.5, 0.6) is 11.5 Å². The first-order valence-corrected chi connectivity index (χ1v) is 9.63. The van der Waals surface area contributed by atoms with Crippen LogP contribution in [0.25, 0.3) is 0 Å². The van der Waals surface area contributed by atoms with Gasteiger partial charge in [-0.25, -0.2) is 9.18 Å². The average molecular weight is 479 g/mol. The van der Waals surface area contributed by atoms with Gasteiger partial charge in [0.2, 0.25) is 0 Å². The van der Waals surface area contributed by atoms with Gasteiger partial charge in [0.1, 0.15) is 23.4 Å². The molecule has 3 aromatic rings. The van der Waals surface area contributed by atoms with E-state index in [0.717, 1.165) is 12.1 Å². The van der Waals surface area contributed by atoms with Crippen molar-refractivity contribution in [2.45, 2.75) is 12.7 Å². The molecular weight excluding hydrogens is 464 g/mol. The summed E-state index contributed by atoms with van der Waals surface area (Å²) < 4.78 is 58.5. The number of carbonyl (C=O) groups is 1. The summed E-state index contributed by atoms with van der Waals surface area (Å²) in [7, 11) is 0. The molecule has 0 aliphatic rings. The molecule has 3 aromatic carbocycles. The molecule has 0 aliphatic carbocycles. The van der Waals surface area contributed by atoms with Crippen LogP contribution in [0.15, 0.2) is 54.6 Å². The first-order valence-electron chi connectivity index (χ1n) is 9.26. The van der Waals surface area contributed by atoms with Gasteiger partial charge >= 0.3 is 12.2 Å². The van der Waals surface area contributed by atoms with Crippen molar-refractivity contribution in [1.29, 1.82) is 5.26 Å². The predicted molar refractivity (Wildman–Crippen MR) is 115 cm³/mol. The van der Waals surface area contributed by atoms with Crippen LogP contribution in [0.1, 0.15) is 16.7 Å². The highest BCUT2D eigenvalue weighted by Gasteiger charge is 2.33. The normalized spacial score (nSPS) is 10.9. The number of rotatable bonds is 5. The van der Waals surface area contributed by atoms with Crippen LogP contribution in [-0.2, 0) is 12.7 Å². The van der Waals surface area contributed by atoms with Gasteiger partial charge in [0.05, 0.1) is 16.1 Å². The SMILES string of the molecule is N#Cc1ccc(Oc2cc(NC(=O)Nc3ccc(Cl)c(C(F)(F)F)c3)ccc2CN)cc1F. The second-order valence-corrected chi connectivity index (χ2v) is 7.06. The zero-order chi connectivity index (χ0) is 24.2. The van der Waals surface area contributed by atoms with Gasteiger partial charge in [-0.3, -0.25) is 0 Å². The number of benzene rings is 3. The van der Waals surface area contributed by atoms with E-state index < -0.39 is 28.6 Å². The maximum atomic E-state index is 13.8. The molecule has 0 atom stereocenters. The Hall–Kier alpha value is -3.81. The molecular formula is C22H15ClF4N4O2. The molecule has 6 nitrogen and oxygen atoms in total. The number of nitriles is 1. The van der Waals surface area contributed by atoms with Crippen LogP contribution in [0.2, 0.25) is 5.02 Å². The number of nitrogens with one attached hydrogen (secondary N) is 2. The van der Waals surface area contributed by atoms with Crippen molar-refractivity contribution in [3.63, 3.8) is 0 Å². The third-order valence-electron chi connectivity index (χ3n) is 4.36. The summed E-state index contributed by atoms with van der Waals surface area (Å²) in [5.41, 5.74) is 5.12. The van der Waals surface area contributed by atoms with Crippen molar-refractivity contribution in [3.8, 4) is 17.6 Å². The second kappa shape index (κ2) is 9.77. The van der Waals surface area contributed by atoms with Crippen molar-refractivity contribution in [2.24, 2.45) is 5.73 Å². The number of hydrogen-bond acceptors (Lipinski definition) is 4. The molecule has 0 spiro atoms. The largest absolute Gasteiger partial charge is 0.457 e. The maximum absolute atomic E-state index is 13.8. The van der Waals surface area contributed by atoms with Gasteiger partial charge in [-0.2, -0.15) is 18.4 Å². The number of halogens is 5. The van der Waals surface area contributed by atoms with E-state index in [1.807, 2.05) is 0 Å². The van der Waals surface area contributed by atoms with Crippen molar-refractivity contribution < 1.29 is 27.1 Å². The number of anilines is 2. The zero-order valence-electron chi connectivity index (χ0n) is 16.6. The predicted octanol–water partition coefficient (Wildman–Crippen LogP) is 6.26. The Morgan fingerprint density at radius 1 is 1.06 bits per heavy atom. The zero-order valence-corrected chi connectivity index (χ0v) is 17.4. The fraction of sp³-hybridized carbons (Fsp3) is 0.0909. The van der Waals surface area contributed by atoms with E-state index in [-0.39, 0.29) is 35.0 Å². The Morgan fingerprint density at radius 2 is 1.73 bits per heavy atom. The summed E-state index contributed by atoms with van der Waals surface area (Å²) in [5.74, 6) is -0.451. The minimum atomic E-state index is -4.68. The van der Waals surface area contributed by atoms with E-state index in [2.05, 4.69) is 10.6 Å². The van der Waals surface area contributed by atoms with E-state index in [9.17, 15) is 22.4 Å². The van der Waals surface area contributed by atoms with E-state index in [4.69, 9.17) is 27.3 Å². The average Bonchev–Trinajstić information content (AvgIpc) is 2.74. The van der Waals surface area contributed by atoms with Crippen LogP contribution in [0.4, 0.5) is 33.7 Å². The summed E-state index contributed by atoms with van der Waals surface area (Å²) in [5, 5.41) is 13.1. The minimum Gasteiger partial charge on any atom is -0.457 e. The van der Waals surface area contributed by atoms with Gasteiger partial charge in [-0.05, 0) is 36.4 Å². The lowest BCUT2D eigenvalue weighted by Crippen LogP contribution is -2.20. The van der Waals surface area contributed by atoms with Gasteiger partial charge in [0.15, 0.2) is 0 Å². The molecule has 11 heteroatoms. The van der Waals surface area contributed by atoms with Crippen LogP contribution in [0, 0.1) is 17.1 Å². The first-order chi connectivity index (χ1) is 15.6. The van der Waals surface area contributed by atoms with Crippen molar-refractivity contribution >= 4 is 29.0 Å². The number of hydrogen-bond donors (Lipinski definition) is 3. The molecule has 2 amide bonds. The fourth-order valence-corrected chi connectivity index (χ4v) is 3.01. The lowest BCUT2D eigenvalue weighted by molar-refractivity contribution is -0.137.